The van der Waals surface area contributed by atoms with Crippen LogP contribution in [-0.4, -0.2) is 46.8 Å². The summed E-state index contributed by atoms with van der Waals surface area (Å²) in [6, 6.07) is 16.6. The normalized spacial score (nSPS) is 12.4. The van der Waals surface area contributed by atoms with Gasteiger partial charge in [0, 0.05) is 6.54 Å². The van der Waals surface area contributed by atoms with Crippen molar-refractivity contribution in [2.45, 2.75) is 19.0 Å². The van der Waals surface area contributed by atoms with Gasteiger partial charge in [-0.05, 0) is 53.9 Å². The Balaban J connectivity index is 1.65. The van der Waals surface area contributed by atoms with Gasteiger partial charge in [0.1, 0.15) is 11.6 Å². The third kappa shape index (κ3) is 5.35. The Labute approximate surface area is 216 Å². The maximum atomic E-state index is 12.7. The first kappa shape index (κ1) is 25.6. The summed E-state index contributed by atoms with van der Waals surface area (Å²) >= 11 is 12.1. The van der Waals surface area contributed by atoms with Gasteiger partial charge in [0.15, 0.2) is 0 Å². The first-order valence-electron chi connectivity index (χ1n) is 10.7. The van der Waals surface area contributed by atoms with Crippen LogP contribution >= 0.6 is 23.2 Å². The molecule has 0 bridgehead atoms. The van der Waals surface area contributed by atoms with Crippen LogP contribution in [0.15, 0.2) is 71.5 Å². The molecular formula is C24H20Cl2N4O5S. The number of anilines is 1. The lowest BCUT2D eigenvalue weighted by molar-refractivity contribution is -0.138. The monoisotopic (exact) mass is 546 g/mol. The predicted octanol–water partition coefficient (Wildman–Crippen LogP) is 4.07. The molecule has 3 aromatic carbocycles. The molecule has 1 N–H and O–H groups in total. The SMILES string of the molecule is CS(=O)(=O)N(c1ccc(-c2ccc(Cl)c(Cl)c2)cc1)[C@H](CCn1nnc2ccccc2c1=O)C(=O)O. The van der Waals surface area contributed by atoms with Gasteiger partial charge in [-0.3, -0.25) is 9.10 Å². The van der Waals surface area contributed by atoms with Gasteiger partial charge in [-0.15, -0.1) is 5.10 Å². The second-order valence-electron chi connectivity index (χ2n) is 8.01. The smallest absolute Gasteiger partial charge is 0.327 e. The zero-order chi connectivity index (χ0) is 26.0. The first-order valence-corrected chi connectivity index (χ1v) is 13.3. The van der Waals surface area contributed by atoms with E-state index in [4.69, 9.17) is 23.2 Å². The third-order valence-electron chi connectivity index (χ3n) is 5.54. The van der Waals surface area contributed by atoms with Gasteiger partial charge in [0.2, 0.25) is 10.0 Å². The van der Waals surface area contributed by atoms with E-state index in [1.165, 1.54) is 12.1 Å². The number of fused-ring (bicyclic) bond motifs is 1. The summed E-state index contributed by atoms with van der Waals surface area (Å²) in [5, 5.41) is 18.9. The summed E-state index contributed by atoms with van der Waals surface area (Å²) < 4.78 is 27.3. The molecule has 0 aliphatic carbocycles. The highest BCUT2D eigenvalue weighted by atomic mass is 35.5. The van der Waals surface area contributed by atoms with Gasteiger partial charge in [0.05, 0.1) is 27.4 Å². The number of carbonyl (C=O) groups is 1. The topological polar surface area (TPSA) is 122 Å². The lowest BCUT2D eigenvalue weighted by Crippen LogP contribution is -2.46. The maximum Gasteiger partial charge on any atom is 0.327 e. The average molecular weight is 547 g/mol. The number of sulfonamides is 1. The van der Waals surface area contributed by atoms with E-state index in [9.17, 15) is 23.1 Å². The molecule has 36 heavy (non-hydrogen) atoms. The average Bonchev–Trinajstić information content (AvgIpc) is 2.84. The fourth-order valence-corrected chi connectivity index (χ4v) is 5.30. The molecule has 4 aromatic rings. The minimum absolute atomic E-state index is 0.152. The highest BCUT2D eigenvalue weighted by Crippen LogP contribution is 2.31. The second kappa shape index (κ2) is 10.3. The van der Waals surface area contributed by atoms with E-state index in [2.05, 4.69) is 10.3 Å². The zero-order valence-electron chi connectivity index (χ0n) is 18.9. The van der Waals surface area contributed by atoms with E-state index in [0.717, 1.165) is 26.4 Å². The second-order valence-corrected chi connectivity index (χ2v) is 10.7. The number of hydrogen-bond acceptors (Lipinski definition) is 6. The van der Waals surface area contributed by atoms with Crippen molar-refractivity contribution in [3.05, 3.63) is 87.1 Å². The maximum absolute atomic E-state index is 12.7. The van der Waals surface area contributed by atoms with Crippen molar-refractivity contribution in [1.82, 2.24) is 15.0 Å². The molecule has 4 rings (SSSR count). The number of benzene rings is 3. The molecular weight excluding hydrogens is 527 g/mol. The summed E-state index contributed by atoms with van der Waals surface area (Å²) in [5.41, 5.74) is 1.61. The summed E-state index contributed by atoms with van der Waals surface area (Å²) in [7, 11) is -4.01. The molecule has 1 heterocycles. The molecule has 1 atom stereocenters. The lowest BCUT2D eigenvalue weighted by atomic mass is 10.1. The molecule has 0 saturated heterocycles. The van der Waals surface area contributed by atoms with Crippen LogP contribution in [0.5, 0.6) is 0 Å². The molecule has 0 unspecified atom stereocenters. The van der Waals surface area contributed by atoms with Crippen LogP contribution in [0.4, 0.5) is 5.69 Å². The van der Waals surface area contributed by atoms with Crippen LogP contribution in [0.3, 0.4) is 0 Å². The Kier molecular flexibility index (Phi) is 7.30. The number of carboxylic acids is 1. The van der Waals surface area contributed by atoms with Gasteiger partial charge in [-0.2, -0.15) is 0 Å². The van der Waals surface area contributed by atoms with Gasteiger partial charge in [-0.1, -0.05) is 58.7 Å². The summed E-state index contributed by atoms with van der Waals surface area (Å²) in [6.45, 7) is -0.152. The molecule has 0 spiro atoms. The Bertz CT molecular complexity index is 1610. The molecule has 0 fully saturated rings. The van der Waals surface area contributed by atoms with E-state index in [0.29, 0.717) is 20.9 Å². The van der Waals surface area contributed by atoms with Crippen molar-refractivity contribution in [1.29, 1.82) is 0 Å². The largest absolute Gasteiger partial charge is 0.480 e. The number of hydrogen-bond donors (Lipinski definition) is 1. The minimum atomic E-state index is -4.01. The highest BCUT2D eigenvalue weighted by molar-refractivity contribution is 7.92. The number of aromatic nitrogens is 3. The first-order chi connectivity index (χ1) is 17.1. The van der Waals surface area contributed by atoms with Crippen LogP contribution in [0, 0.1) is 0 Å². The molecule has 0 amide bonds. The minimum Gasteiger partial charge on any atom is -0.480 e. The van der Waals surface area contributed by atoms with Crippen molar-refractivity contribution in [3.8, 4) is 11.1 Å². The van der Waals surface area contributed by atoms with Gasteiger partial charge in [-0.25, -0.2) is 17.9 Å². The molecule has 0 aliphatic heterocycles. The summed E-state index contributed by atoms with van der Waals surface area (Å²) in [5.74, 6) is -1.37. The molecule has 0 radical (unpaired) electrons. The number of halogens is 2. The molecule has 0 aliphatic rings. The van der Waals surface area contributed by atoms with E-state index in [-0.39, 0.29) is 18.7 Å². The van der Waals surface area contributed by atoms with Gasteiger partial charge < -0.3 is 5.11 Å². The Morgan fingerprint density at radius 3 is 2.33 bits per heavy atom. The lowest BCUT2D eigenvalue weighted by Gasteiger charge is -2.29. The molecule has 0 saturated carbocycles. The van der Waals surface area contributed by atoms with Crippen molar-refractivity contribution >= 4 is 55.8 Å². The van der Waals surface area contributed by atoms with Crippen LogP contribution < -0.4 is 9.86 Å². The third-order valence-corrected chi connectivity index (χ3v) is 7.46. The Morgan fingerprint density at radius 2 is 1.69 bits per heavy atom. The highest BCUT2D eigenvalue weighted by Gasteiger charge is 2.33. The Morgan fingerprint density at radius 1 is 1.03 bits per heavy atom. The van der Waals surface area contributed by atoms with Crippen molar-refractivity contribution in [3.63, 3.8) is 0 Å². The number of carboxylic acid groups (broad SMARTS) is 1. The predicted molar refractivity (Wildman–Crippen MR) is 139 cm³/mol. The van der Waals surface area contributed by atoms with Crippen LogP contribution in [0.2, 0.25) is 10.0 Å². The molecule has 186 valence electrons. The molecule has 12 heteroatoms. The fourth-order valence-electron chi connectivity index (χ4n) is 3.83. The number of rotatable bonds is 8. The standard InChI is InChI=1S/C24H20Cl2N4O5S/c1-36(34,35)30(17-9-6-15(7-10-17)16-8-11-19(25)20(26)14-16)22(24(32)33)12-13-29-23(31)18-4-2-3-5-21(18)27-28-29/h2-11,14,22H,12-13H2,1H3,(H,32,33)/t22-/m1/s1. The van der Waals surface area contributed by atoms with Crippen LogP contribution in [-0.2, 0) is 21.4 Å². The summed E-state index contributed by atoms with van der Waals surface area (Å²) in [6.07, 6.45) is 0.710. The molecule has 1 aromatic heterocycles. The number of nitrogens with zero attached hydrogens (tertiary/aromatic N) is 4. The fraction of sp³-hybridized carbons (Fsp3) is 0.167. The van der Waals surface area contributed by atoms with Crippen molar-refractivity contribution < 1.29 is 18.3 Å². The number of aryl methyl sites for hydroxylation is 1. The van der Waals surface area contributed by atoms with E-state index < -0.39 is 27.6 Å². The summed E-state index contributed by atoms with van der Waals surface area (Å²) in [4.78, 5) is 24.9. The van der Waals surface area contributed by atoms with Gasteiger partial charge >= 0.3 is 5.97 Å². The quantitative estimate of drug-likeness (QED) is 0.353. The number of aliphatic carboxylic acids is 1. The van der Waals surface area contributed by atoms with Crippen LogP contribution in [0.1, 0.15) is 6.42 Å². The van der Waals surface area contributed by atoms with Gasteiger partial charge in [0.25, 0.3) is 5.56 Å². The van der Waals surface area contributed by atoms with E-state index >= 15 is 0 Å². The Hall–Kier alpha value is -3.47. The van der Waals surface area contributed by atoms with Crippen molar-refractivity contribution in [2.75, 3.05) is 10.6 Å². The zero-order valence-corrected chi connectivity index (χ0v) is 21.2. The molecule has 9 nitrogen and oxygen atoms in total. The van der Waals surface area contributed by atoms with E-state index in [1.807, 2.05) is 0 Å². The van der Waals surface area contributed by atoms with Crippen LogP contribution in [0.25, 0.3) is 22.0 Å². The van der Waals surface area contributed by atoms with Crippen molar-refractivity contribution in [2.24, 2.45) is 0 Å². The van der Waals surface area contributed by atoms with E-state index in [1.54, 1.807) is 54.6 Å².